The van der Waals surface area contributed by atoms with Crippen LogP contribution >= 0.6 is 11.6 Å². The first kappa shape index (κ1) is 23.5. The number of sulfone groups is 1. The Morgan fingerprint density at radius 2 is 2.03 bits per heavy atom. The maximum Gasteiger partial charge on any atom is 0.250 e. The summed E-state index contributed by atoms with van der Waals surface area (Å²) in [7, 11) is -4.05. The van der Waals surface area contributed by atoms with Crippen LogP contribution in [0.5, 0.6) is 0 Å². The van der Waals surface area contributed by atoms with Gasteiger partial charge in [-0.05, 0) is 55.1 Å². The minimum atomic E-state index is -4.05. The van der Waals surface area contributed by atoms with E-state index in [1.165, 1.54) is 11.0 Å². The second-order valence-corrected chi connectivity index (χ2v) is 12.1. The van der Waals surface area contributed by atoms with Gasteiger partial charge in [-0.3, -0.25) is 4.79 Å². The van der Waals surface area contributed by atoms with E-state index in [0.29, 0.717) is 28.9 Å². The van der Waals surface area contributed by atoms with Crippen LogP contribution in [0.25, 0.3) is 11.5 Å². The van der Waals surface area contributed by atoms with E-state index < -0.39 is 33.4 Å². The van der Waals surface area contributed by atoms with Crippen LogP contribution in [0, 0.1) is 11.7 Å². The van der Waals surface area contributed by atoms with Gasteiger partial charge in [-0.1, -0.05) is 23.7 Å². The fourth-order valence-corrected chi connectivity index (χ4v) is 6.95. The fourth-order valence-electron chi connectivity index (χ4n) is 5.25. The van der Waals surface area contributed by atoms with Gasteiger partial charge in [-0.15, -0.1) is 10.2 Å². The molecule has 188 valence electrons. The second kappa shape index (κ2) is 8.34. The SMILES string of the molecule is N[C@H]1CS(=O)(=O)c2cc(F)c(-c3nnc(C45CNCCC4C5)o3)cc2N(Cc2ccc(Cl)cc2)C1=O. The zero-order valence-electron chi connectivity index (χ0n) is 19.1. The van der Waals surface area contributed by atoms with Crippen LogP contribution in [-0.2, 0) is 26.6 Å². The summed E-state index contributed by atoms with van der Waals surface area (Å²) in [5, 5.41) is 12.1. The smallest absolute Gasteiger partial charge is 0.250 e. The number of hydrogen-bond donors (Lipinski definition) is 2. The predicted molar refractivity (Wildman–Crippen MR) is 130 cm³/mol. The molecule has 3 atom stereocenters. The molecule has 9 nitrogen and oxygen atoms in total. The first-order valence-electron chi connectivity index (χ1n) is 11.6. The van der Waals surface area contributed by atoms with Gasteiger partial charge in [0.1, 0.15) is 5.82 Å². The first-order valence-corrected chi connectivity index (χ1v) is 13.6. The third-order valence-corrected chi connectivity index (χ3v) is 9.38. The molecule has 1 saturated heterocycles. The Bertz CT molecular complexity index is 1480. The number of carbonyl (C=O) groups is 1. The molecule has 1 aromatic heterocycles. The maximum atomic E-state index is 15.3. The van der Waals surface area contributed by atoms with Crippen molar-refractivity contribution >= 4 is 33.0 Å². The molecule has 3 heterocycles. The van der Waals surface area contributed by atoms with Crippen molar-refractivity contribution in [3.05, 3.63) is 58.7 Å². The van der Waals surface area contributed by atoms with Crippen LogP contribution in [0.1, 0.15) is 24.3 Å². The Balaban J connectivity index is 1.45. The largest absolute Gasteiger partial charge is 0.420 e. The number of nitrogens with one attached hydrogen (secondary N) is 1. The highest BCUT2D eigenvalue weighted by molar-refractivity contribution is 7.91. The number of halogens is 2. The van der Waals surface area contributed by atoms with Crippen molar-refractivity contribution in [1.29, 1.82) is 0 Å². The van der Waals surface area contributed by atoms with Crippen LogP contribution < -0.4 is 16.0 Å². The number of benzene rings is 2. The monoisotopic (exact) mass is 531 g/mol. The van der Waals surface area contributed by atoms with Gasteiger partial charge < -0.3 is 20.4 Å². The van der Waals surface area contributed by atoms with Crippen molar-refractivity contribution in [2.45, 2.75) is 35.7 Å². The lowest BCUT2D eigenvalue weighted by Gasteiger charge is -2.24. The molecule has 0 radical (unpaired) electrons. The van der Waals surface area contributed by atoms with Crippen molar-refractivity contribution in [1.82, 2.24) is 15.5 Å². The topological polar surface area (TPSA) is 131 Å². The average Bonchev–Trinajstić information content (AvgIpc) is 3.42. The molecule has 2 aromatic carbocycles. The molecule has 0 bridgehead atoms. The predicted octanol–water partition coefficient (Wildman–Crippen LogP) is 2.43. The molecule has 3 N–H and O–H groups in total. The summed E-state index contributed by atoms with van der Waals surface area (Å²) < 4.78 is 47.4. The lowest BCUT2D eigenvalue weighted by Crippen LogP contribution is -2.45. The summed E-state index contributed by atoms with van der Waals surface area (Å²) in [6, 6.07) is 7.66. The van der Waals surface area contributed by atoms with Crippen molar-refractivity contribution in [3.63, 3.8) is 0 Å². The Morgan fingerprint density at radius 1 is 1.25 bits per heavy atom. The molecule has 3 aliphatic rings. The number of aromatic nitrogens is 2. The average molecular weight is 532 g/mol. The van der Waals surface area contributed by atoms with Gasteiger partial charge in [0, 0.05) is 11.6 Å². The number of anilines is 1. The standard InChI is InChI=1S/C24H23ClFN5O4S/c25-15-3-1-13(2-4-15)10-31-19-7-16(17(26)8-20(19)36(33,34)11-18(27)22(31)32)21-29-30-23(35-21)24-9-14(24)5-6-28-12-24/h1-4,7-8,14,18,28H,5-6,9-12,27H2/t14?,18-,24?/m0/s1. The first-order chi connectivity index (χ1) is 17.2. The normalized spacial score (nSPS) is 26.8. The molecular formula is C24H23ClFN5O4S. The number of amides is 1. The van der Waals surface area contributed by atoms with Crippen LogP contribution in [-0.4, -0.2) is 49.4 Å². The summed E-state index contributed by atoms with van der Waals surface area (Å²) in [4.78, 5) is 14.2. The molecule has 0 spiro atoms. The molecule has 1 amide bonds. The van der Waals surface area contributed by atoms with Crippen LogP contribution in [0.2, 0.25) is 5.02 Å². The van der Waals surface area contributed by atoms with Crippen molar-refractivity contribution in [2.75, 3.05) is 23.7 Å². The van der Waals surface area contributed by atoms with Gasteiger partial charge in [0.25, 0.3) is 5.89 Å². The van der Waals surface area contributed by atoms with Crippen molar-refractivity contribution in [2.24, 2.45) is 11.7 Å². The van der Waals surface area contributed by atoms with E-state index in [9.17, 15) is 13.2 Å². The second-order valence-electron chi connectivity index (χ2n) is 9.67. The summed E-state index contributed by atoms with van der Waals surface area (Å²) in [6.45, 7) is 1.66. The highest BCUT2D eigenvalue weighted by Crippen LogP contribution is 2.56. The number of rotatable bonds is 4. The van der Waals surface area contributed by atoms with Gasteiger partial charge in [0.05, 0.1) is 39.9 Å². The van der Waals surface area contributed by atoms with E-state index in [1.54, 1.807) is 24.3 Å². The van der Waals surface area contributed by atoms with E-state index in [1.807, 2.05) is 0 Å². The van der Waals surface area contributed by atoms with Crippen LogP contribution in [0.15, 0.2) is 45.7 Å². The summed E-state index contributed by atoms with van der Waals surface area (Å²) in [5.41, 5.74) is 6.35. The number of nitrogens with two attached hydrogens (primary N) is 1. The molecule has 3 aromatic rings. The Labute approximate surface area is 211 Å². The molecule has 2 aliphatic heterocycles. The summed E-state index contributed by atoms with van der Waals surface area (Å²) in [6.07, 6.45) is 1.93. The van der Waals surface area contributed by atoms with E-state index >= 15 is 4.39 Å². The third kappa shape index (κ3) is 3.81. The molecule has 6 rings (SSSR count). The minimum absolute atomic E-state index is 0.0147. The summed E-state index contributed by atoms with van der Waals surface area (Å²) >= 11 is 5.98. The highest BCUT2D eigenvalue weighted by atomic mass is 35.5. The Morgan fingerprint density at radius 3 is 2.78 bits per heavy atom. The van der Waals surface area contributed by atoms with Crippen LogP contribution in [0.3, 0.4) is 0 Å². The molecule has 2 fully saturated rings. The molecule has 1 saturated carbocycles. The van der Waals surface area contributed by atoms with E-state index in [0.717, 1.165) is 25.5 Å². The summed E-state index contributed by atoms with van der Waals surface area (Å²) in [5.74, 6) is -1.25. The quantitative estimate of drug-likeness (QED) is 0.525. The number of hydrogen-bond acceptors (Lipinski definition) is 8. The van der Waals surface area contributed by atoms with Gasteiger partial charge >= 0.3 is 0 Å². The molecular weight excluding hydrogens is 509 g/mol. The number of carbonyl (C=O) groups excluding carboxylic acids is 1. The number of fused-ring (bicyclic) bond motifs is 2. The zero-order chi connectivity index (χ0) is 25.2. The Kier molecular flexibility index (Phi) is 5.45. The lowest BCUT2D eigenvalue weighted by atomic mass is 9.99. The van der Waals surface area contributed by atoms with Gasteiger partial charge in [0.15, 0.2) is 9.84 Å². The zero-order valence-corrected chi connectivity index (χ0v) is 20.7. The number of piperidine rings is 1. The van der Waals surface area contributed by atoms with Gasteiger partial charge in [0.2, 0.25) is 11.8 Å². The fraction of sp³-hybridized carbons (Fsp3) is 0.375. The number of nitrogens with zero attached hydrogens (tertiary/aromatic N) is 3. The molecule has 1 aliphatic carbocycles. The van der Waals surface area contributed by atoms with E-state index in [-0.39, 0.29) is 34.0 Å². The maximum absolute atomic E-state index is 15.3. The van der Waals surface area contributed by atoms with E-state index in [4.69, 9.17) is 21.8 Å². The van der Waals surface area contributed by atoms with Gasteiger partial charge in [-0.25, -0.2) is 12.8 Å². The molecule has 12 heteroatoms. The van der Waals surface area contributed by atoms with Gasteiger partial charge in [-0.2, -0.15) is 0 Å². The van der Waals surface area contributed by atoms with Crippen molar-refractivity contribution in [3.8, 4) is 11.5 Å². The molecule has 2 unspecified atom stereocenters. The lowest BCUT2D eigenvalue weighted by molar-refractivity contribution is -0.119. The minimum Gasteiger partial charge on any atom is -0.420 e. The van der Waals surface area contributed by atoms with Crippen molar-refractivity contribution < 1.29 is 22.0 Å². The molecule has 36 heavy (non-hydrogen) atoms. The third-order valence-electron chi connectivity index (χ3n) is 7.33. The Hall–Kier alpha value is -2.86. The van der Waals surface area contributed by atoms with E-state index in [2.05, 4.69) is 15.5 Å². The van der Waals surface area contributed by atoms with Crippen LogP contribution in [0.4, 0.5) is 10.1 Å². The highest BCUT2D eigenvalue weighted by Gasteiger charge is 2.60.